The zero-order valence-corrected chi connectivity index (χ0v) is 16.7. The molecule has 0 aliphatic carbocycles. The molecule has 1 aromatic heterocycles. The highest BCUT2D eigenvalue weighted by Crippen LogP contribution is 2.23. The molecule has 0 radical (unpaired) electrons. The predicted molar refractivity (Wildman–Crippen MR) is 116 cm³/mol. The summed E-state index contributed by atoms with van der Waals surface area (Å²) in [5.74, 6) is 0.411. The van der Waals surface area contributed by atoms with Crippen molar-refractivity contribution in [1.29, 1.82) is 0 Å². The highest BCUT2D eigenvalue weighted by atomic mass is 16.5. The number of nitrogens with two attached hydrogens (primary N) is 1. The van der Waals surface area contributed by atoms with Gasteiger partial charge in [0.05, 0.1) is 0 Å². The number of nitrogens with one attached hydrogen (secondary N) is 2. The molecule has 3 aromatic rings. The monoisotopic (exact) mass is 391 g/mol. The zero-order chi connectivity index (χ0) is 20.1. The number of aromatic nitrogens is 1. The first-order valence-electron chi connectivity index (χ1n) is 10.4. The predicted octanol–water partition coefficient (Wildman–Crippen LogP) is 3.76. The third kappa shape index (κ3) is 5.05. The van der Waals surface area contributed by atoms with Crippen molar-refractivity contribution < 1.29 is 9.53 Å². The number of hydrogen-bond donors (Lipinski definition) is 3. The van der Waals surface area contributed by atoms with Gasteiger partial charge in [-0.15, -0.1) is 0 Å². The fourth-order valence-electron chi connectivity index (χ4n) is 4.06. The summed E-state index contributed by atoms with van der Waals surface area (Å²) in [6.07, 6.45) is 6.51. The second-order valence-corrected chi connectivity index (χ2v) is 7.95. The Hall–Kier alpha value is -2.63. The molecule has 152 valence electrons. The first-order valence-corrected chi connectivity index (χ1v) is 10.4. The largest absolute Gasteiger partial charge is 0.381 e. The van der Waals surface area contributed by atoms with E-state index in [1.807, 2.05) is 12.1 Å². The minimum absolute atomic E-state index is 0.391. The molecule has 5 heteroatoms. The first kappa shape index (κ1) is 19.7. The number of carbonyl (C=O) groups is 1. The average molecular weight is 392 g/mol. The van der Waals surface area contributed by atoms with Gasteiger partial charge in [0, 0.05) is 42.4 Å². The molecule has 1 saturated heterocycles. The number of primary amides is 1. The Morgan fingerprint density at radius 3 is 2.62 bits per heavy atom. The molecule has 1 aliphatic rings. The fraction of sp³-hybridized carbons (Fsp3) is 0.375. The summed E-state index contributed by atoms with van der Waals surface area (Å²) in [4.78, 5) is 14.6. The van der Waals surface area contributed by atoms with Crippen molar-refractivity contribution in [2.75, 3.05) is 19.8 Å². The summed E-state index contributed by atoms with van der Waals surface area (Å²) in [6.45, 7) is 3.78. The number of rotatable bonds is 8. The highest BCUT2D eigenvalue weighted by Gasteiger charge is 2.13. The molecule has 4 rings (SSSR count). The third-order valence-electron chi connectivity index (χ3n) is 5.86. The molecule has 0 atom stereocenters. The van der Waals surface area contributed by atoms with Gasteiger partial charge in [-0.3, -0.25) is 4.79 Å². The van der Waals surface area contributed by atoms with Crippen LogP contribution >= 0.6 is 0 Å². The van der Waals surface area contributed by atoms with Gasteiger partial charge in [-0.2, -0.15) is 0 Å². The topological polar surface area (TPSA) is 80.1 Å². The normalized spacial score (nSPS) is 15.0. The fourth-order valence-corrected chi connectivity index (χ4v) is 4.06. The zero-order valence-electron chi connectivity index (χ0n) is 16.7. The van der Waals surface area contributed by atoms with Crippen LogP contribution in [0.4, 0.5) is 0 Å². The van der Waals surface area contributed by atoms with Crippen LogP contribution in [0.3, 0.4) is 0 Å². The molecule has 1 fully saturated rings. The van der Waals surface area contributed by atoms with E-state index in [0.29, 0.717) is 5.56 Å². The lowest BCUT2D eigenvalue weighted by molar-refractivity contribution is 0.0639. The van der Waals surface area contributed by atoms with E-state index < -0.39 is 5.91 Å². The van der Waals surface area contributed by atoms with E-state index in [0.717, 1.165) is 49.7 Å². The Morgan fingerprint density at radius 2 is 1.86 bits per heavy atom. The van der Waals surface area contributed by atoms with Crippen LogP contribution in [-0.2, 0) is 17.7 Å². The lowest BCUT2D eigenvalue weighted by Gasteiger charge is -2.21. The van der Waals surface area contributed by atoms with Crippen LogP contribution in [0.2, 0.25) is 0 Å². The quantitative estimate of drug-likeness (QED) is 0.512. The van der Waals surface area contributed by atoms with E-state index in [4.69, 9.17) is 10.5 Å². The number of fused-ring (bicyclic) bond motifs is 1. The molecule has 5 nitrogen and oxygen atoms in total. The Bertz CT molecular complexity index is 956. The second-order valence-electron chi connectivity index (χ2n) is 7.95. The van der Waals surface area contributed by atoms with Crippen molar-refractivity contribution >= 4 is 16.8 Å². The van der Waals surface area contributed by atoms with Crippen LogP contribution < -0.4 is 11.1 Å². The number of H-pyrrole nitrogens is 1. The molecule has 0 saturated carbocycles. The van der Waals surface area contributed by atoms with Crippen molar-refractivity contribution in [3.63, 3.8) is 0 Å². The van der Waals surface area contributed by atoms with Crippen LogP contribution in [0, 0.1) is 5.92 Å². The molecule has 0 spiro atoms. The van der Waals surface area contributed by atoms with Crippen molar-refractivity contribution in [3.8, 4) is 0 Å². The number of ether oxygens (including phenoxy) is 1. The number of aromatic amines is 1. The van der Waals surface area contributed by atoms with Crippen molar-refractivity contribution in [3.05, 3.63) is 70.9 Å². The van der Waals surface area contributed by atoms with Gasteiger partial charge in [0.2, 0.25) is 5.91 Å². The Kier molecular flexibility index (Phi) is 6.27. The SMILES string of the molecule is NC(=O)c1ccc(Cc2c[nH]c3ccc(CNCCC4CCOCC4)cc23)cc1. The van der Waals surface area contributed by atoms with E-state index >= 15 is 0 Å². The maximum atomic E-state index is 11.2. The Balaban J connectivity index is 1.37. The number of amides is 1. The maximum absolute atomic E-state index is 11.2. The third-order valence-corrected chi connectivity index (χ3v) is 5.86. The van der Waals surface area contributed by atoms with E-state index in [2.05, 4.69) is 34.7 Å². The molecule has 2 aromatic carbocycles. The summed E-state index contributed by atoms with van der Waals surface area (Å²) in [6, 6.07) is 14.2. The van der Waals surface area contributed by atoms with Crippen LogP contribution in [0.15, 0.2) is 48.7 Å². The van der Waals surface area contributed by atoms with Gasteiger partial charge in [0.25, 0.3) is 0 Å². The number of benzene rings is 2. The second kappa shape index (κ2) is 9.25. The molecule has 0 bridgehead atoms. The van der Waals surface area contributed by atoms with Gasteiger partial charge >= 0.3 is 0 Å². The minimum Gasteiger partial charge on any atom is -0.381 e. The van der Waals surface area contributed by atoms with E-state index in [9.17, 15) is 4.79 Å². The lowest BCUT2D eigenvalue weighted by Crippen LogP contribution is -2.22. The molecule has 1 aliphatic heterocycles. The summed E-state index contributed by atoms with van der Waals surface area (Å²) in [5, 5.41) is 4.85. The summed E-state index contributed by atoms with van der Waals surface area (Å²) >= 11 is 0. The standard InChI is InChI=1S/C24H29N3O2/c25-24(28)20-4-1-18(2-5-20)13-21-16-27-23-6-3-19(14-22(21)23)15-26-10-7-17-8-11-29-12-9-17/h1-6,14,16-17,26-27H,7-13,15H2,(H2,25,28). The first-order chi connectivity index (χ1) is 14.2. The Morgan fingerprint density at radius 1 is 1.10 bits per heavy atom. The van der Waals surface area contributed by atoms with Gasteiger partial charge in [-0.25, -0.2) is 0 Å². The molecule has 1 amide bonds. The van der Waals surface area contributed by atoms with Gasteiger partial charge in [0.15, 0.2) is 0 Å². The molecule has 0 unspecified atom stereocenters. The van der Waals surface area contributed by atoms with E-state index in [1.54, 1.807) is 12.1 Å². The van der Waals surface area contributed by atoms with Gasteiger partial charge in [0.1, 0.15) is 0 Å². The molecular formula is C24H29N3O2. The summed E-state index contributed by atoms with van der Waals surface area (Å²) in [7, 11) is 0. The van der Waals surface area contributed by atoms with Crippen LogP contribution in [0.25, 0.3) is 10.9 Å². The van der Waals surface area contributed by atoms with Crippen LogP contribution in [0.5, 0.6) is 0 Å². The molecule has 29 heavy (non-hydrogen) atoms. The summed E-state index contributed by atoms with van der Waals surface area (Å²) in [5.41, 5.74) is 10.7. The Labute approximate surface area is 171 Å². The van der Waals surface area contributed by atoms with E-state index in [1.165, 1.54) is 35.8 Å². The van der Waals surface area contributed by atoms with Crippen LogP contribution in [0.1, 0.15) is 46.3 Å². The lowest BCUT2D eigenvalue weighted by atomic mass is 9.96. The minimum atomic E-state index is -0.391. The van der Waals surface area contributed by atoms with Crippen LogP contribution in [-0.4, -0.2) is 30.6 Å². The van der Waals surface area contributed by atoms with Crippen molar-refractivity contribution in [2.45, 2.75) is 32.2 Å². The highest BCUT2D eigenvalue weighted by molar-refractivity contribution is 5.92. The van der Waals surface area contributed by atoms with Gasteiger partial charge in [-0.1, -0.05) is 18.2 Å². The summed E-state index contributed by atoms with van der Waals surface area (Å²) < 4.78 is 5.43. The average Bonchev–Trinajstić information content (AvgIpc) is 3.14. The molecule has 2 heterocycles. The molecular weight excluding hydrogens is 362 g/mol. The molecule has 4 N–H and O–H groups in total. The van der Waals surface area contributed by atoms with Gasteiger partial charge < -0.3 is 20.8 Å². The number of hydrogen-bond acceptors (Lipinski definition) is 3. The van der Waals surface area contributed by atoms with Crippen molar-refractivity contribution in [2.24, 2.45) is 11.7 Å². The van der Waals surface area contributed by atoms with Gasteiger partial charge in [-0.05, 0) is 79.1 Å². The smallest absolute Gasteiger partial charge is 0.248 e. The number of carbonyl (C=O) groups excluding carboxylic acids is 1. The van der Waals surface area contributed by atoms with Crippen molar-refractivity contribution in [1.82, 2.24) is 10.3 Å². The maximum Gasteiger partial charge on any atom is 0.248 e. The van der Waals surface area contributed by atoms with E-state index in [-0.39, 0.29) is 0 Å².